The molecule has 0 aliphatic carbocycles. The highest BCUT2D eigenvalue weighted by Gasteiger charge is 2.05. The highest BCUT2D eigenvalue weighted by Crippen LogP contribution is 2.06. The molecule has 0 atom stereocenters. The molecule has 2 N–H and O–H groups in total. The van der Waals surface area contributed by atoms with Gasteiger partial charge in [-0.2, -0.15) is 10.2 Å². The molecule has 6 nitrogen and oxygen atoms in total. The van der Waals surface area contributed by atoms with Crippen molar-refractivity contribution in [1.29, 1.82) is 0 Å². The van der Waals surface area contributed by atoms with Crippen LogP contribution in [0.15, 0.2) is 24.9 Å². The van der Waals surface area contributed by atoms with Crippen LogP contribution in [0.25, 0.3) is 0 Å². The van der Waals surface area contributed by atoms with Gasteiger partial charge >= 0.3 is 0 Å². The lowest BCUT2D eigenvalue weighted by molar-refractivity contribution is 0.181. The molecule has 0 bridgehead atoms. The van der Waals surface area contributed by atoms with E-state index in [4.69, 9.17) is 4.74 Å². The predicted octanol–water partition coefficient (Wildman–Crippen LogP) is 1.54. The Kier molecular flexibility index (Phi) is 5.09. The number of H-pyrrole nitrogens is 1. The van der Waals surface area contributed by atoms with E-state index in [9.17, 15) is 0 Å². The molecule has 2 heterocycles. The Balaban J connectivity index is 1.84. The van der Waals surface area contributed by atoms with Crippen LogP contribution >= 0.6 is 0 Å². The standard InChI is InChI=1S/C14H21N5O/c1-4-5-19-9-12(11(2)18-19)7-15-8-13-6-14(10-20-3)17-16-13/h4,6,9,15H,1,5,7-8,10H2,2-3H3,(H,16,17). The topological polar surface area (TPSA) is 67.8 Å². The highest BCUT2D eigenvalue weighted by atomic mass is 16.5. The van der Waals surface area contributed by atoms with E-state index in [0.29, 0.717) is 13.2 Å². The van der Waals surface area contributed by atoms with Crippen LogP contribution < -0.4 is 5.32 Å². The second-order valence-electron chi connectivity index (χ2n) is 4.67. The van der Waals surface area contributed by atoms with Gasteiger partial charge in [-0.05, 0) is 13.0 Å². The first kappa shape index (κ1) is 14.5. The first-order chi connectivity index (χ1) is 9.72. The number of hydrogen-bond donors (Lipinski definition) is 2. The summed E-state index contributed by atoms with van der Waals surface area (Å²) in [6, 6.07) is 2.00. The molecular weight excluding hydrogens is 254 g/mol. The number of nitrogens with zero attached hydrogens (tertiary/aromatic N) is 3. The van der Waals surface area contributed by atoms with Crippen LogP contribution in [0.3, 0.4) is 0 Å². The molecule has 6 heteroatoms. The number of methoxy groups -OCH3 is 1. The van der Waals surface area contributed by atoms with Crippen molar-refractivity contribution < 1.29 is 4.74 Å². The number of rotatable bonds is 8. The van der Waals surface area contributed by atoms with Crippen molar-refractivity contribution in [3.8, 4) is 0 Å². The third-order valence-electron chi connectivity index (χ3n) is 2.97. The third-order valence-corrected chi connectivity index (χ3v) is 2.97. The van der Waals surface area contributed by atoms with Gasteiger partial charge in [0.15, 0.2) is 0 Å². The Labute approximate surface area is 118 Å². The summed E-state index contributed by atoms with van der Waals surface area (Å²) < 4.78 is 6.94. The average molecular weight is 275 g/mol. The van der Waals surface area contributed by atoms with Gasteiger partial charge in [0.25, 0.3) is 0 Å². The first-order valence-electron chi connectivity index (χ1n) is 6.59. The highest BCUT2D eigenvalue weighted by molar-refractivity contribution is 5.15. The van der Waals surface area contributed by atoms with E-state index < -0.39 is 0 Å². The van der Waals surface area contributed by atoms with Gasteiger partial charge in [-0.1, -0.05) is 6.08 Å². The lowest BCUT2D eigenvalue weighted by atomic mass is 10.2. The molecule has 0 spiro atoms. The van der Waals surface area contributed by atoms with Crippen molar-refractivity contribution in [2.75, 3.05) is 7.11 Å². The predicted molar refractivity (Wildman–Crippen MR) is 77.0 cm³/mol. The largest absolute Gasteiger partial charge is 0.378 e. The summed E-state index contributed by atoms with van der Waals surface area (Å²) in [5.41, 5.74) is 4.20. The number of aromatic nitrogens is 4. The summed E-state index contributed by atoms with van der Waals surface area (Å²) in [5, 5.41) is 15.0. The van der Waals surface area contributed by atoms with Gasteiger partial charge in [-0.3, -0.25) is 9.78 Å². The minimum absolute atomic E-state index is 0.556. The number of hydrogen-bond acceptors (Lipinski definition) is 4. The Morgan fingerprint density at radius 3 is 3.10 bits per heavy atom. The molecule has 0 radical (unpaired) electrons. The minimum Gasteiger partial charge on any atom is -0.378 e. The molecule has 108 valence electrons. The van der Waals surface area contributed by atoms with E-state index in [0.717, 1.165) is 30.2 Å². The summed E-state index contributed by atoms with van der Waals surface area (Å²) >= 11 is 0. The zero-order chi connectivity index (χ0) is 14.4. The van der Waals surface area contributed by atoms with Gasteiger partial charge in [-0.15, -0.1) is 6.58 Å². The van der Waals surface area contributed by atoms with Crippen molar-refractivity contribution in [2.24, 2.45) is 0 Å². The van der Waals surface area contributed by atoms with Crippen LogP contribution in [0.4, 0.5) is 0 Å². The van der Waals surface area contributed by atoms with E-state index in [1.54, 1.807) is 7.11 Å². The molecule has 0 unspecified atom stereocenters. The molecule has 0 saturated heterocycles. The van der Waals surface area contributed by atoms with Crippen molar-refractivity contribution in [2.45, 2.75) is 33.2 Å². The fourth-order valence-electron chi connectivity index (χ4n) is 2.01. The van der Waals surface area contributed by atoms with E-state index in [2.05, 4.69) is 27.2 Å². The van der Waals surface area contributed by atoms with Gasteiger partial charge in [-0.25, -0.2) is 0 Å². The molecule has 2 aromatic rings. The normalized spacial score (nSPS) is 10.9. The van der Waals surface area contributed by atoms with E-state index >= 15 is 0 Å². The summed E-state index contributed by atoms with van der Waals surface area (Å²) in [7, 11) is 1.67. The molecule has 0 amide bonds. The second-order valence-corrected chi connectivity index (χ2v) is 4.67. The van der Waals surface area contributed by atoms with Crippen LogP contribution in [0.1, 0.15) is 22.6 Å². The average Bonchev–Trinajstić information content (AvgIpc) is 2.99. The smallest absolute Gasteiger partial charge is 0.0878 e. The van der Waals surface area contributed by atoms with Gasteiger partial charge in [0.1, 0.15) is 0 Å². The molecule has 0 aliphatic rings. The van der Waals surface area contributed by atoms with Gasteiger partial charge in [0.05, 0.1) is 30.2 Å². The Morgan fingerprint density at radius 1 is 1.50 bits per heavy atom. The molecule has 0 fully saturated rings. The lowest BCUT2D eigenvalue weighted by Gasteiger charge is -2.00. The zero-order valence-corrected chi connectivity index (χ0v) is 12.0. The van der Waals surface area contributed by atoms with Gasteiger partial charge in [0, 0.05) is 32.0 Å². The Hall–Kier alpha value is -1.92. The van der Waals surface area contributed by atoms with Crippen LogP contribution in [0, 0.1) is 6.92 Å². The summed E-state index contributed by atoms with van der Waals surface area (Å²) in [4.78, 5) is 0. The fourth-order valence-corrected chi connectivity index (χ4v) is 2.01. The monoisotopic (exact) mass is 275 g/mol. The van der Waals surface area contributed by atoms with Crippen molar-refractivity contribution in [3.05, 3.63) is 47.6 Å². The molecule has 20 heavy (non-hydrogen) atoms. The van der Waals surface area contributed by atoms with Crippen molar-refractivity contribution in [1.82, 2.24) is 25.3 Å². The quantitative estimate of drug-likeness (QED) is 0.717. The van der Waals surface area contributed by atoms with Crippen LogP contribution in [-0.2, 0) is 31.0 Å². The molecule has 0 saturated carbocycles. The molecule has 2 rings (SSSR count). The van der Waals surface area contributed by atoms with E-state index in [-0.39, 0.29) is 0 Å². The molecule has 2 aromatic heterocycles. The van der Waals surface area contributed by atoms with Crippen LogP contribution in [0.2, 0.25) is 0 Å². The van der Waals surface area contributed by atoms with Crippen LogP contribution in [-0.4, -0.2) is 27.1 Å². The van der Waals surface area contributed by atoms with Gasteiger partial charge < -0.3 is 10.1 Å². The van der Waals surface area contributed by atoms with Crippen molar-refractivity contribution >= 4 is 0 Å². The number of ether oxygens (including phenoxy) is 1. The maximum absolute atomic E-state index is 5.05. The van der Waals surface area contributed by atoms with E-state index in [1.165, 1.54) is 5.56 Å². The minimum atomic E-state index is 0.556. The van der Waals surface area contributed by atoms with Crippen molar-refractivity contribution in [3.63, 3.8) is 0 Å². The number of allylic oxidation sites excluding steroid dienone is 1. The summed E-state index contributed by atoms with van der Waals surface area (Å²) in [5.74, 6) is 0. The number of aromatic amines is 1. The molecular formula is C14H21N5O. The SMILES string of the molecule is C=CCn1cc(CNCc2cc(COC)[nH]n2)c(C)n1. The zero-order valence-electron chi connectivity index (χ0n) is 12.0. The maximum Gasteiger partial charge on any atom is 0.0878 e. The molecule has 0 aromatic carbocycles. The Bertz CT molecular complexity index is 558. The third kappa shape index (κ3) is 3.79. The number of aryl methyl sites for hydroxylation is 1. The first-order valence-corrected chi connectivity index (χ1v) is 6.59. The Morgan fingerprint density at radius 2 is 2.35 bits per heavy atom. The van der Waals surface area contributed by atoms with Crippen LogP contribution in [0.5, 0.6) is 0 Å². The fraction of sp³-hybridized carbons (Fsp3) is 0.429. The molecule has 0 aliphatic heterocycles. The summed E-state index contributed by atoms with van der Waals surface area (Å²) in [6.45, 7) is 8.51. The van der Waals surface area contributed by atoms with E-state index in [1.807, 2.05) is 29.9 Å². The van der Waals surface area contributed by atoms with Gasteiger partial charge in [0.2, 0.25) is 0 Å². The lowest BCUT2D eigenvalue weighted by Crippen LogP contribution is -2.13. The second kappa shape index (κ2) is 7.02. The number of nitrogens with one attached hydrogen (secondary N) is 2. The maximum atomic E-state index is 5.05. The summed E-state index contributed by atoms with van der Waals surface area (Å²) in [6.07, 6.45) is 3.88.